The molecule has 0 bridgehead atoms. The van der Waals surface area contributed by atoms with Crippen molar-refractivity contribution >= 4 is 43.9 Å². The Balaban J connectivity index is -0.000000807. The molecule has 0 amide bonds. The maximum Gasteiger partial charge on any atom is 2.00 e. The second-order valence-corrected chi connectivity index (χ2v) is 14.4. The Labute approximate surface area is 307 Å². The molecular formula is C36H70MgO8S2. The van der Waals surface area contributed by atoms with E-state index in [9.17, 15) is 25.9 Å². The van der Waals surface area contributed by atoms with Gasteiger partial charge in [-0.15, -0.1) is 0 Å². The third kappa shape index (κ3) is 55.6. The molecule has 0 atom stereocenters. The number of allylic oxidation sites excluding steroid dienone is 4. The van der Waals surface area contributed by atoms with E-state index in [4.69, 9.17) is 0 Å². The first-order valence-electron chi connectivity index (χ1n) is 18.6. The summed E-state index contributed by atoms with van der Waals surface area (Å²) in [6, 6.07) is 0. The van der Waals surface area contributed by atoms with Crippen LogP contribution in [-0.4, -0.2) is 62.2 Å². The Morgan fingerprint density at radius 2 is 0.596 bits per heavy atom. The van der Waals surface area contributed by atoms with Gasteiger partial charge in [0, 0.05) is 0 Å². The van der Waals surface area contributed by atoms with Crippen LogP contribution in [-0.2, 0) is 29.2 Å². The normalized spacial score (nSPS) is 12.0. The zero-order valence-electron chi connectivity index (χ0n) is 30.3. The van der Waals surface area contributed by atoms with E-state index in [1.807, 2.05) is 0 Å². The summed E-state index contributed by atoms with van der Waals surface area (Å²) in [5, 5.41) is 0. The molecule has 276 valence electrons. The number of hydrogen-bond acceptors (Lipinski definition) is 8. The fourth-order valence-corrected chi connectivity index (χ4v) is 5.67. The van der Waals surface area contributed by atoms with Crippen molar-refractivity contribution < 1.29 is 34.3 Å². The number of hydrogen-bond donors (Lipinski definition) is 0. The molecule has 0 aromatic heterocycles. The van der Waals surface area contributed by atoms with Crippen LogP contribution >= 0.6 is 0 Å². The van der Waals surface area contributed by atoms with Crippen LogP contribution in [0.4, 0.5) is 0 Å². The van der Waals surface area contributed by atoms with Gasteiger partial charge in [-0.25, -0.2) is 16.8 Å². The average Bonchev–Trinajstić information content (AvgIpc) is 2.99. The maximum absolute atomic E-state index is 10.2. The molecule has 0 rings (SSSR count). The molecule has 0 unspecified atom stereocenters. The van der Waals surface area contributed by atoms with Gasteiger partial charge in [0.25, 0.3) is 0 Å². The first kappa shape index (κ1) is 51.4. The first-order chi connectivity index (χ1) is 22.1. The molecule has 0 aromatic carbocycles. The molecule has 0 radical (unpaired) electrons. The van der Waals surface area contributed by atoms with Crippen LogP contribution < -0.4 is 0 Å². The van der Waals surface area contributed by atoms with Crippen molar-refractivity contribution in [1.82, 2.24) is 0 Å². The molecule has 0 heterocycles. The predicted molar refractivity (Wildman–Crippen MR) is 196 cm³/mol. The Morgan fingerprint density at radius 1 is 0.383 bits per heavy atom. The number of rotatable bonds is 34. The van der Waals surface area contributed by atoms with E-state index in [0.717, 1.165) is 51.4 Å². The Morgan fingerprint density at radius 3 is 0.830 bits per heavy atom. The molecule has 0 N–H and O–H groups in total. The van der Waals surface area contributed by atoms with Gasteiger partial charge in [0.15, 0.2) is 0 Å². The van der Waals surface area contributed by atoms with Crippen LogP contribution in [0.3, 0.4) is 0 Å². The smallest absolute Gasteiger partial charge is 0.726 e. The van der Waals surface area contributed by atoms with E-state index in [0.29, 0.717) is 12.8 Å². The summed E-state index contributed by atoms with van der Waals surface area (Å²) in [6.07, 6.45) is 42.7. The van der Waals surface area contributed by atoms with E-state index >= 15 is 0 Å². The molecule has 0 aromatic rings. The van der Waals surface area contributed by atoms with Crippen molar-refractivity contribution in [2.45, 2.75) is 194 Å². The topological polar surface area (TPSA) is 133 Å². The molecule has 0 aliphatic heterocycles. The van der Waals surface area contributed by atoms with Crippen LogP contribution in [0.15, 0.2) is 24.3 Å². The van der Waals surface area contributed by atoms with Crippen LogP contribution in [0.2, 0.25) is 0 Å². The third-order valence-electron chi connectivity index (χ3n) is 7.77. The van der Waals surface area contributed by atoms with Gasteiger partial charge in [0.1, 0.15) is 0 Å². The van der Waals surface area contributed by atoms with Gasteiger partial charge in [-0.1, -0.05) is 154 Å². The van der Waals surface area contributed by atoms with Crippen molar-refractivity contribution in [2.75, 3.05) is 13.2 Å². The fourth-order valence-electron chi connectivity index (χ4n) is 5.02. The second kappa shape index (κ2) is 40.4. The second-order valence-electron chi connectivity index (χ2n) is 12.3. The standard InChI is InChI=1S/2C18H36O4S.Mg/c2*1-2-3-4-5-6-7-8-9-10-11-12-13-14-15-16-17-18-22-23(19,20)21;/h2*9-10H,2-8,11-18H2,1H3,(H,19,20,21);/q;;+2/p-2. The van der Waals surface area contributed by atoms with Gasteiger partial charge in [0.2, 0.25) is 20.8 Å². The quantitative estimate of drug-likeness (QED) is 0.0211. The molecule has 0 saturated carbocycles. The van der Waals surface area contributed by atoms with Gasteiger partial charge in [-0.05, 0) is 64.2 Å². The molecular weight excluding hydrogens is 649 g/mol. The van der Waals surface area contributed by atoms with Crippen molar-refractivity contribution in [3.05, 3.63) is 24.3 Å². The van der Waals surface area contributed by atoms with Crippen LogP contribution in [0.25, 0.3) is 0 Å². The first-order valence-corrected chi connectivity index (χ1v) is 21.3. The Kier molecular flexibility index (Phi) is 44.2. The minimum Gasteiger partial charge on any atom is -0.726 e. The summed E-state index contributed by atoms with van der Waals surface area (Å²) < 4.78 is 69.6. The predicted octanol–water partition coefficient (Wildman–Crippen LogP) is 10.6. The average molecular weight is 719 g/mol. The van der Waals surface area contributed by atoms with Crippen molar-refractivity contribution in [2.24, 2.45) is 0 Å². The summed E-state index contributed by atoms with van der Waals surface area (Å²) in [5.41, 5.74) is 0. The monoisotopic (exact) mass is 718 g/mol. The van der Waals surface area contributed by atoms with E-state index in [-0.39, 0.29) is 36.3 Å². The molecule has 0 fully saturated rings. The van der Waals surface area contributed by atoms with E-state index in [2.05, 4.69) is 46.5 Å². The van der Waals surface area contributed by atoms with Crippen LogP contribution in [0, 0.1) is 0 Å². The summed E-state index contributed by atoms with van der Waals surface area (Å²) in [4.78, 5) is 0. The molecule has 11 heteroatoms. The molecule has 0 aliphatic rings. The summed E-state index contributed by atoms with van der Waals surface area (Å²) in [7, 11) is -9.00. The van der Waals surface area contributed by atoms with Gasteiger partial charge in [0.05, 0.1) is 13.2 Å². The van der Waals surface area contributed by atoms with E-state index in [1.54, 1.807) is 0 Å². The van der Waals surface area contributed by atoms with Crippen LogP contribution in [0.5, 0.6) is 0 Å². The molecule has 47 heavy (non-hydrogen) atoms. The largest absolute Gasteiger partial charge is 2.00 e. The Hall–Kier alpha value is -0.0138. The third-order valence-corrected chi connectivity index (χ3v) is 8.68. The van der Waals surface area contributed by atoms with E-state index in [1.165, 1.54) is 116 Å². The maximum atomic E-state index is 10.2. The Bertz CT molecular complexity index is 805. The van der Waals surface area contributed by atoms with Crippen molar-refractivity contribution in [1.29, 1.82) is 0 Å². The molecule has 0 aliphatic carbocycles. The minimum absolute atomic E-state index is 0. The minimum atomic E-state index is -4.50. The summed E-state index contributed by atoms with van der Waals surface area (Å²) >= 11 is 0. The number of unbranched alkanes of at least 4 members (excludes halogenated alkanes) is 24. The molecule has 8 nitrogen and oxygen atoms in total. The summed E-state index contributed by atoms with van der Waals surface area (Å²) in [5.74, 6) is 0. The van der Waals surface area contributed by atoms with Gasteiger partial charge < -0.3 is 9.11 Å². The zero-order valence-corrected chi connectivity index (χ0v) is 33.4. The molecule has 0 saturated heterocycles. The van der Waals surface area contributed by atoms with Gasteiger partial charge >= 0.3 is 23.1 Å². The van der Waals surface area contributed by atoms with E-state index < -0.39 is 20.8 Å². The van der Waals surface area contributed by atoms with Gasteiger partial charge in [-0.2, -0.15) is 0 Å². The molecule has 0 spiro atoms. The summed E-state index contributed by atoms with van der Waals surface area (Å²) in [6.45, 7) is 4.54. The SMILES string of the molecule is CCCCCCCCC=CCCCCCCCCOS(=O)(=O)[O-].CCCCCCCCC=CCCCCCCCCOS(=O)(=O)[O-].[Mg+2]. The van der Waals surface area contributed by atoms with Crippen LogP contribution in [0.1, 0.15) is 194 Å². The van der Waals surface area contributed by atoms with Gasteiger partial charge in [-0.3, -0.25) is 8.37 Å². The fraction of sp³-hybridized carbons (Fsp3) is 0.889. The zero-order chi connectivity index (χ0) is 34.5. The van der Waals surface area contributed by atoms with Crippen molar-refractivity contribution in [3.63, 3.8) is 0 Å². The van der Waals surface area contributed by atoms with Crippen molar-refractivity contribution in [3.8, 4) is 0 Å².